The minimum atomic E-state index is -0.237. The van der Waals surface area contributed by atoms with E-state index in [2.05, 4.69) is 12.2 Å². The van der Waals surface area contributed by atoms with Crippen LogP contribution in [0, 0.1) is 0 Å². The number of hydrogen-bond acceptors (Lipinski definition) is 2. The number of rotatable bonds is 36. The standard InChI is InChI=1S/C43H79N3O2/c1-2-3-4-5-6-7-8-9-10-13-16-19-22-25-28-34-39-46(43(44)48)40-35-29-26-23-20-17-14-11-12-15-18-21-24-27-33-38-42(47)45-41-36-31-30-32-37-41/h30-32,36-37H,2-29,33-35,38-40H2,1H3,(H2,44,48)(H,45,47). The number of hydrogen-bond donors (Lipinski definition) is 2. The van der Waals surface area contributed by atoms with E-state index < -0.39 is 0 Å². The van der Waals surface area contributed by atoms with Crippen molar-refractivity contribution < 1.29 is 9.59 Å². The van der Waals surface area contributed by atoms with Crippen LogP contribution in [-0.4, -0.2) is 29.9 Å². The molecule has 5 heteroatoms. The van der Waals surface area contributed by atoms with Gasteiger partial charge in [-0.2, -0.15) is 0 Å². The summed E-state index contributed by atoms with van der Waals surface area (Å²) >= 11 is 0. The molecule has 0 aliphatic heterocycles. The van der Waals surface area contributed by atoms with Gasteiger partial charge in [0.2, 0.25) is 5.91 Å². The number of benzene rings is 1. The van der Waals surface area contributed by atoms with E-state index in [9.17, 15) is 9.59 Å². The zero-order chi connectivity index (χ0) is 34.6. The highest BCUT2D eigenvalue weighted by Gasteiger charge is 2.08. The lowest BCUT2D eigenvalue weighted by atomic mass is 10.0. The molecule has 0 spiro atoms. The first-order chi connectivity index (χ1) is 23.6. The molecule has 0 unspecified atom stereocenters. The molecule has 0 radical (unpaired) electrons. The third kappa shape index (κ3) is 30.1. The van der Waals surface area contributed by atoms with Crippen LogP contribution in [0.5, 0.6) is 0 Å². The molecule has 3 N–H and O–H groups in total. The fourth-order valence-corrected chi connectivity index (χ4v) is 6.81. The Bertz CT molecular complexity index is 831. The van der Waals surface area contributed by atoms with Gasteiger partial charge in [-0.25, -0.2) is 4.79 Å². The van der Waals surface area contributed by atoms with Gasteiger partial charge in [0.1, 0.15) is 0 Å². The number of para-hydroxylation sites is 1. The number of unbranched alkanes of at least 4 members (excludes halogenated alkanes) is 29. The Morgan fingerprint density at radius 2 is 0.792 bits per heavy atom. The second-order valence-electron chi connectivity index (χ2n) is 14.6. The summed E-state index contributed by atoms with van der Waals surface area (Å²) in [4.78, 5) is 25.8. The van der Waals surface area contributed by atoms with Crippen LogP contribution in [0.25, 0.3) is 0 Å². The monoisotopic (exact) mass is 670 g/mol. The molecule has 0 heterocycles. The quantitative estimate of drug-likeness (QED) is 0.0698. The molecule has 1 rings (SSSR count). The summed E-state index contributed by atoms with van der Waals surface area (Å²) in [5, 5.41) is 2.97. The Balaban J connectivity index is 1.79. The van der Waals surface area contributed by atoms with E-state index in [1.165, 1.54) is 173 Å². The van der Waals surface area contributed by atoms with Crippen molar-refractivity contribution in [2.24, 2.45) is 5.73 Å². The molecule has 5 nitrogen and oxygen atoms in total. The number of nitrogens with two attached hydrogens (primary N) is 1. The maximum Gasteiger partial charge on any atom is 0.314 e. The van der Waals surface area contributed by atoms with Crippen LogP contribution < -0.4 is 11.1 Å². The van der Waals surface area contributed by atoms with Crippen LogP contribution in [0.3, 0.4) is 0 Å². The van der Waals surface area contributed by atoms with Crippen molar-refractivity contribution >= 4 is 17.6 Å². The van der Waals surface area contributed by atoms with Crippen molar-refractivity contribution in [3.63, 3.8) is 0 Å². The SMILES string of the molecule is CCCCCCCCCCCCCCCCCCN(CCCCCCCCCCCCCCCCCC(=O)Nc1ccccc1)C(N)=O. The van der Waals surface area contributed by atoms with E-state index in [4.69, 9.17) is 5.73 Å². The first-order valence-electron chi connectivity index (χ1n) is 21.0. The first kappa shape index (κ1) is 44.0. The van der Waals surface area contributed by atoms with Gasteiger partial charge in [-0.15, -0.1) is 0 Å². The lowest BCUT2D eigenvalue weighted by Crippen LogP contribution is -2.37. The molecular weight excluding hydrogens is 590 g/mol. The largest absolute Gasteiger partial charge is 0.351 e. The van der Waals surface area contributed by atoms with Gasteiger partial charge >= 0.3 is 6.03 Å². The van der Waals surface area contributed by atoms with Crippen molar-refractivity contribution in [1.82, 2.24) is 4.90 Å². The topological polar surface area (TPSA) is 75.4 Å². The number of primary amides is 1. The summed E-state index contributed by atoms with van der Waals surface area (Å²) in [5.74, 6) is 0.131. The molecule has 1 aromatic carbocycles. The predicted molar refractivity (Wildman–Crippen MR) is 210 cm³/mol. The smallest absolute Gasteiger partial charge is 0.314 e. The molecule has 0 atom stereocenters. The van der Waals surface area contributed by atoms with Crippen LogP contribution in [0.15, 0.2) is 30.3 Å². The number of nitrogens with one attached hydrogen (secondary N) is 1. The predicted octanol–water partition coefficient (Wildman–Crippen LogP) is 13.5. The zero-order valence-electron chi connectivity index (χ0n) is 31.8. The third-order valence-electron chi connectivity index (χ3n) is 9.98. The van der Waals surface area contributed by atoms with Crippen molar-refractivity contribution in [2.45, 2.75) is 212 Å². The number of anilines is 1. The molecule has 0 aliphatic carbocycles. The van der Waals surface area contributed by atoms with Crippen molar-refractivity contribution in [3.8, 4) is 0 Å². The molecule has 0 fully saturated rings. The number of nitrogens with zero attached hydrogens (tertiary/aromatic N) is 1. The Labute approximate surface area is 298 Å². The van der Waals surface area contributed by atoms with Gasteiger partial charge in [0.05, 0.1) is 0 Å². The van der Waals surface area contributed by atoms with E-state index >= 15 is 0 Å². The van der Waals surface area contributed by atoms with E-state index in [-0.39, 0.29) is 11.9 Å². The highest BCUT2D eigenvalue weighted by Crippen LogP contribution is 2.16. The molecule has 3 amide bonds. The van der Waals surface area contributed by atoms with Crippen molar-refractivity contribution in [2.75, 3.05) is 18.4 Å². The summed E-state index contributed by atoms with van der Waals surface area (Å²) in [6, 6.07) is 9.49. The van der Waals surface area contributed by atoms with Gasteiger partial charge in [0.25, 0.3) is 0 Å². The van der Waals surface area contributed by atoms with E-state index in [0.29, 0.717) is 6.42 Å². The second-order valence-corrected chi connectivity index (χ2v) is 14.6. The molecule has 0 bridgehead atoms. The maximum atomic E-state index is 12.0. The Kier molecular flexibility index (Phi) is 31.9. The van der Waals surface area contributed by atoms with Gasteiger partial charge in [0, 0.05) is 25.2 Å². The summed E-state index contributed by atoms with van der Waals surface area (Å²) < 4.78 is 0. The van der Waals surface area contributed by atoms with Gasteiger partial charge in [-0.05, 0) is 31.4 Å². The van der Waals surface area contributed by atoms with Crippen molar-refractivity contribution in [1.29, 1.82) is 0 Å². The lowest BCUT2D eigenvalue weighted by molar-refractivity contribution is -0.116. The Hall–Kier alpha value is -2.04. The van der Waals surface area contributed by atoms with Crippen LogP contribution in [0.2, 0.25) is 0 Å². The minimum absolute atomic E-state index is 0.131. The summed E-state index contributed by atoms with van der Waals surface area (Å²) in [5.41, 5.74) is 6.57. The van der Waals surface area contributed by atoms with Gasteiger partial charge in [-0.3, -0.25) is 4.79 Å². The zero-order valence-corrected chi connectivity index (χ0v) is 31.8. The fraction of sp³-hybridized carbons (Fsp3) is 0.814. The minimum Gasteiger partial charge on any atom is -0.351 e. The van der Waals surface area contributed by atoms with Crippen LogP contribution in [-0.2, 0) is 4.79 Å². The summed E-state index contributed by atoms with van der Waals surface area (Å²) in [7, 11) is 0. The number of urea groups is 1. The highest BCUT2D eigenvalue weighted by atomic mass is 16.2. The highest BCUT2D eigenvalue weighted by molar-refractivity contribution is 5.90. The van der Waals surface area contributed by atoms with E-state index in [0.717, 1.165) is 44.5 Å². The normalized spacial score (nSPS) is 11.2. The Morgan fingerprint density at radius 3 is 1.12 bits per heavy atom. The lowest BCUT2D eigenvalue weighted by Gasteiger charge is -2.20. The average Bonchev–Trinajstić information content (AvgIpc) is 3.08. The molecule has 0 aliphatic rings. The number of amides is 3. The Morgan fingerprint density at radius 1 is 0.479 bits per heavy atom. The van der Waals surface area contributed by atoms with E-state index in [1.807, 2.05) is 35.2 Å². The molecular formula is C43H79N3O2. The van der Waals surface area contributed by atoms with Gasteiger partial charge < -0.3 is 16.0 Å². The number of carbonyl (C=O) groups is 2. The molecule has 0 saturated carbocycles. The van der Waals surface area contributed by atoms with Gasteiger partial charge in [-0.1, -0.05) is 205 Å². The average molecular weight is 670 g/mol. The third-order valence-corrected chi connectivity index (χ3v) is 9.98. The maximum absolute atomic E-state index is 12.0. The summed E-state index contributed by atoms with van der Waals surface area (Å²) in [6.07, 6.45) is 41.6. The van der Waals surface area contributed by atoms with Crippen molar-refractivity contribution in [3.05, 3.63) is 30.3 Å². The van der Waals surface area contributed by atoms with Crippen LogP contribution in [0.1, 0.15) is 212 Å². The van der Waals surface area contributed by atoms with E-state index in [1.54, 1.807) is 0 Å². The number of carbonyl (C=O) groups excluding carboxylic acids is 2. The first-order valence-corrected chi connectivity index (χ1v) is 21.0. The second kappa shape index (κ2) is 34.8. The summed E-state index contributed by atoms with van der Waals surface area (Å²) in [6.45, 7) is 3.96. The molecule has 0 saturated heterocycles. The fourth-order valence-electron chi connectivity index (χ4n) is 6.81. The molecule has 278 valence electrons. The van der Waals surface area contributed by atoms with Crippen LogP contribution >= 0.6 is 0 Å². The van der Waals surface area contributed by atoms with Crippen LogP contribution in [0.4, 0.5) is 10.5 Å². The molecule has 48 heavy (non-hydrogen) atoms. The molecule has 0 aromatic heterocycles. The molecule has 1 aromatic rings. The van der Waals surface area contributed by atoms with Gasteiger partial charge in [0.15, 0.2) is 0 Å².